The Hall–Kier alpha value is -1.12. The van der Waals surface area contributed by atoms with Gasteiger partial charge < -0.3 is 10.8 Å². The van der Waals surface area contributed by atoms with E-state index in [2.05, 4.69) is 6.92 Å². The second-order valence-corrected chi connectivity index (χ2v) is 3.26. The molecular weight excluding hydrogens is 174 g/mol. The van der Waals surface area contributed by atoms with Gasteiger partial charge in [0.1, 0.15) is 6.23 Å². The third-order valence-corrected chi connectivity index (χ3v) is 2.08. The minimum atomic E-state index is -0.885. The maximum absolute atomic E-state index is 9.40. The minimum Gasteiger partial charge on any atom is -0.375 e. The molecule has 0 heterocycles. The lowest BCUT2D eigenvalue weighted by Gasteiger charge is -2.10. The number of hydrogen-bond donors (Lipinski definition) is 2. The first kappa shape index (κ1) is 11.0. The Morgan fingerprint density at radius 2 is 2.07 bits per heavy atom. The average Bonchev–Trinajstić information content (AvgIpc) is 2.19. The van der Waals surface area contributed by atoms with E-state index in [0.717, 1.165) is 24.0 Å². The number of aliphatic hydroxyl groups is 1. The Morgan fingerprint density at radius 1 is 1.43 bits per heavy atom. The Kier molecular flexibility index (Phi) is 4.36. The second kappa shape index (κ2) is 5.58. The van der Waals surface area contributed by atoms with E-state index in [-0.39, 0.29) is 0 Å². The van der Waals surface area contributed by atoms with Crippen LogP contribution in [0.1, 0.15) is 25.3 Å². The smallest absolute Gasteiger partial charge is 0.128 e. The van der Waals surface area contributed by atoms with E-state index in [0.29, 0.717) is 0 Å². The van der Waals surface area contributed by atoms with Crippen LogP contribution in [-0.2, 0) is 0 Å². The van der Waals surface area contributed by atoms with Crippen molar-refractivity contribution >= 4 is 5.57 Å². The monoisotopic (exact) mass is 191 g/mol. The third-order valence-electron chi connectivity index (χ3n) is 2.08. The van der Waals surface area contributed by atoms with E-state index in [1.165, 1.54) is 0 Å². The van der Waals surface area contributed by atoms with Gasteiger partial charge in [-0.05, 0) is 17.6 Å². The van der Waals surface area contributed by atoms with Crippen LogP contribution in [0.25, 0.3) is 5.57 Å². The van der Waals surface area contributed by atoms with Gasteiger partial charge in [0, 0.05) is 0 Å². The zero-order valence-electron chi connectivity index (χ0n) is 8.48. The first-order valence-corrected chi connectivity index (χ1v) is 4.94. The van der Waals surface area contributed by atoms with Gasteiger partial charge >= 0.3 is 0 Å². The van der Waals surface area contributed by atoms with E-state index in [1.807, 2.05) is 36.4 Å². The summed E-state index contributed by atoms with van der Waals surface area (Å²) in [5.41, 5.74) is 7.31. The van der Waals surface area contributed by atoms with Crippen LogP contribution in [0, 0.1) is 0 Å². The van der Waals surface area contributed by atoms with Gasteiger partial charge in [-0.3, -0.25) is 0 Å². The summed E-state index contributed by atoms with van der Waals surface area (Å²) in [6.45, 7) is 2.10. The van der Waals surface area contributed by atoms with Crippen molar-refractivity contribution in [2.45, 2.75) is 26.0 Å². The van der Waals surface area contributed by atoms with Crippen LogP contribution in [0.5, 0.6) is 0 Å². The van der Waals surface area contributed by atoms with Crippen LogP contribution in [0.4, 0.5) is 0 Å². The van der Waals surface area contributed by atoms with Crippen LogP contribution < -0.4 is 5.73 Å². The fourth-order valence-electron chi connectivity index (χ4n) is 1.34. The lowest BCUT2D eigenvalue weighted by atomic mass is 10.0. The molecule has 0 saturated carbocycles. The molecule has 0 spiro atoms. The first-order valence-electron chi connectivity index (χ1n) is 4.94. The van der Waals surface area contributed by atoms with Gasteiger partial charge in [0.25, 0.3) is 0 Å². The number of hydrogen-bond acceptors (Lipinski definition) is 2. The molecule has 14 heavy (non-hydrogen) atoms. The molecule has 0 bridgehead atoms. The SMILES string of the molecule is CCCC=C(c1ccccc1)C(N)O. The van der Waals surface area contributed by atoms with Crippen LogP contribution >= 0.6 is 0 Å². The third kappa shape index (κ3) is 2.98. The predicted molar refractivity (Wildman–Crippen MR) is 59.5 cm³/mol. The number of nitrogens with two attached hydrogens (primary N) is 1. The fraction of sp³-hybridized carbons (Fsp3) is 0.333. The highest BCUT2D eigenvalue weighted by atomic mass is 16.3. The molecule has 0 aliphatic heterocycles. The summed E-state index contributed by atoms with van der Waals surface area (Å²) in [6.07, 6.45) is 3.12. The van der Waals surface area contributed by atoms with Crippen LogP contribution in [0.15, 0.2) is 36.4 Å². The summed E-state index contributed by atoms with van der Waals surface area (Å²) < 4.78 is 0. The zero-order chi connectivity index (χ0) is 10.4. The lowest BCUT2D eigenvalue weighted by molar-refractivity contribution is 0.241. The van der Waals surface area contributed by atoms with E-state index in [9.17, 15) is 5.11 Å². The molecule has 1 atom stereocenters. The van der Waals surface area contributed by atoms with Crippen molar-refractivity contribution < 1.29 is 5.11 Å². The van der Waals surface area contributed by atoms with Crippen LogP contribution in [0.3, 0.4) is 0 Å². The highest BCUT2D eigenvalue weighted by Gasteiger charge is 2.06. The molecule has 0 aliphatic rings. The highest BCUT2D eigenvalue weighted by Crippen LogP contribution is 2.16. The molecule has 0 fully saturated rings. The van der Waals surface area contributed by atoms with E-state index in [4.69, 9.17) is 5.73 Å². The van der Waals surface area contributed by atoms with Crippen LogP contribution in [0.2, 0.25) is 0 Å². The van der Waals surface area contributed by atoms with E-state index in [1.54, 1.807) is 0 Å². The molecule has 0 aromatic heterocycles. The van der Waals surface area contributed by atoms with Crippen molar-refractivity contribution in [3.63, 3.8) is 0 Å². The van der Waals surface area contributed by atoms with Crippen molar-refractivity contribution in [1.82, 2.24) is 0 Å². The molecule has 3 N–H and O–H groups in total. The number of unbranched alkanes of at least 4 members (excludes halogenated alkanes) is 1. The van der Waals surface area contributed by atoms with Gasteiger partial charge in [-0.1, -0.05) is 49.8 Å². The quantitative estimate of drug-likeness (QED) is 0.716. The molecule has 1 unspecified atom stereocenters. The van der Waals surface area contributed by atoms with Gasteiger partial charge in [-0.2, -0.15) is 0 Å². The topological polar surface area (TPSA) is 46.2 Å². The molecule has 0 amide bonds. The summed E-state index contributed by atoms with van der Waals surface area (Å²) >= 11 is 0. The fourth-order valence-corrected chi connectivity index (χ4v) is 1.34. The molecule has 1 aromatic rings. The first-order chi connectivity index (χ1) is 6.75. The number of aliphatic hydroxyl groups excluding tert-OH is 1. The van der Waals surface area contributed by atoms with Gasteiger partial charge in [0.05, 0.1) is 0 Å². The number of allylic oxidation sites excluding steroid dienone is 1. The molecule has 1 aromatic carbocycles. The molecule has 1 rings (SSSR count). The normalized spacial score (nSPS) is 14.1. The van der Waals surface area contributed by atoms with Gasteiger partial charge in [0.2, 0.25) is 0 Å². The van der Waals surface area contributed by atoms with E-state index < -0.39 is 6.23 Å². The Labute approximate surface area is 85.1 Å². The largest absolute Gasteiger partial charge is 0.375 e. The Bertz CT molecular complexity index is 290. The molecule has 0 saturated heterocycles. The Morgan fingerprint density at radius 3 is 2.57 bits per heavy atom. The molecule has 2 nitrogen and oxygen atoms in total. The van der Waals surface area contributed by atoms with Crippen molar-refractivity contribution in [2.24, 2.45) is 5.73 Å². The van der Waals surface area contributed by atoms with Gasteiger partial charge in [0.15, 0.2) is 0 Å². The number of benzene rings is 1. The number of rotatable bonds is 4. The van der Waals surface area contributed by atoms with Gasteiger partial charge in [-0.15, -0.1) is 0 Å². The molecule has 0 radical (unpaired) electrons. The summed E-state index contributed by atoms with van der Waals surface area (Å²) in [4.78, 5) is 0. The highest BCUT2D eigenvalue weighted by molar-refractivity contribution is 5.67. The second-order valence-electron chi connectivity index (χ2n) is 3.26. The standard InChI is InChI=1S/C12H17NO/c1-2-3-9-11(12(13)14)10-7-5-4-6-8-10/h4-9,12,14H,2-3,13H2,1H3. The summed E-state index contributed by atoms with van der Waals surface area (Å²) in [6, 6.07) is 9.74. The van der Waals surface area contributed by atoms with Gasteiger partial charge in [-0.25, -0.2) is 0 Å². The summed E-state index contributed by atoms with van der Waals surface area (Å²) in [7, 11) is 0. The molecule has 2 heteroatoms. The molecule has 76 valence electrons. The predicted octanol–water partition coefficient (Wildman–Crippen LogP) is 2.15. The van der Waals surface area contributed by atoms with Crippen molar-refractivity contribution in [3.05, 3.63) is 42.0 Å². The minimum absolute atomic E-state index is 0.812. The van der Waals surface area contributed by atoms with E-state index >= 15 is 0 Å². The lowest BCUT2D eigenvalue weighted by Crippen LogP contribution is -2.20. The van der Waals surface area contributed by atoms with Crippen LogP contribution in [-0.4, -0.2) is 11.3 Å². The zero-order valence-corrected chi connectivity index (χ0v) is 8.48. The average molecular weight is 191 g/mol. The van der Waals surface area contributed by atoms with Crippen molar-refractivity contribution in [2.75, 3.05) is 0 Å². The summed E-state index contributed by atoms with van der Waals surface area (Å²) in [5.74, 6) is 0. The molecule has 0 aliphatic carbocycles. The summed E-state index contributed by atoms with van der Waals surface area (Å²) in [5, 5.41) is 9.40. The van der Waals surface area contributed by atoms with Crippen molar-refractivity contribution in [1.29, 1.82) is 0 Å². The molecular formula is C12H17NO. The maximum atomic E-state index is 9.40. The maximum Gasteiger partial charge on any atom is 0.128 e. The Balaban J connectivity index is 2.89. The van der Waals surface area contributed by atoms with Crippen molar-refractivity contribution in [3.8, 4) is 0 Å².